The average molecular weight is 278 g/mol. The molecular formula is C13H14N2O5. The van der Waals surface area contributed by atoms with E-state index in [-0.39, 0.29) is 0 Å². The second-order valence-electron chi connectivity index (χ2n) is 3.98. The Bertz CT molecular complexity index is 520. The maximum Gasteiger partial charge on any atom is 0.323 e. The third-order valence-corrected chi connectivity index (χ3v) is 2.32. The Kier molecular flexibility index (Phi) is 5.28. The first-order chi connectivity index (χ1) is 9.38. The van der Waals surface area contributed by atoms with Gasteiger partial charge < -0.3 is 20.8 Å². The van der Waals surface area contributed by atoms with Crippen LogP contribution in [-0.2, 0) is 14.4 Å². The topological polar surface area (TPSA) is 121 Å². The van der Waals surface area contributed by atoms with Crippen molar-refractivity contribution in [1.82, 2.24) is 4.90 Å². The van der Waals surface area contributed by atoms with Crippen molar-refractivity contribution in [2.45, 2.75) is 0 Å². The molecule has 0 heterocycles. The third kappa shape index (κ3) is 5.21. The van der Waals surface area contributed by atoms with Gasteiger partial charge in [0, 0.05) is 11.8 Å². The van der Waals surface area contributed by atoms with Gasteiger partial charge in [-0.15, -0.1) is 0 Å². The molecule has 0 aromatic heterocycles. The Morgan fingerprint density at radius 3 is 2.00 bits per heavy atom. The highest BCUT2D eigenvalue weighted by atomic mass is 16.4. The van der Waals surface area contributed by atoms with Crippen LogP contribution < -0.4 is 5.73 Å². The highest BCUT2D eigenvalue weighted by molar-refractivity contribution is 5.95. The quantitative estimate of drug-likeness (QED) is 0.507. The number of aliphatic carboxylic acids is 2. The van der Waals surface area contributed by atoms with Crippen molar-refractivity contribution in [3.8, 4) is 0 Å². The molecule has 1 rings (SSSR count). The number of carboxylic acids is 2. The van der Waals surface area contributed by atoms with Crippen LogP contribution in [0.1, 0.15) is 5.56 Å². The Morgan fingerprint density at radius 1 is 1.05 bits per heavy atom. The van der Waals surface area contributed by atoms with E-state index in [0.717, 1.165) is 11.0 Å². The summed E-state index contributed by atoms with van der Waals surface area (Å²) in [5, 5.41) is 17.3. The fourth-order valence-electron chi connectivity index (χ4n) is 1.42. The van der Waals surface area contributed by atoms with E-state index in [2.05, 4.69) is 0 Å². The van der Waals surface area contributed by atoms with E-state index in [1.54, 1.807) is 24.3 Å². The summed E-state index contributed by atoms with van der Waals surface area (Å²) in [6.07, 6.45) is 2.58. The normalized spacial score (nSPS) is 10.4. The Hall–Kier alpha value is -2.83. The van der Waals surface area contributed by atoms with E-state index in [1.807, 2.05) is 0 Å². The summed E-state index contributed by atoms with van der Waals surface area (Å²) in [6, 6.07) is 6.66. The minimum absolute atomic E-state index is 0.576. The van der Waals surface area contributed by atoms with Crippen LogP contribution in [0, 0.1) is 0 Å². The lowest BCUT2D eigenvalue weighted by molar-refractivity contribution is -0.147. The predicted molar refractivity (Wildman–Crippen MR) is 71.7 cm³/mol. The SMILES string of the molecule is Nc1ccc(/C=C/C(=O)N(CC(=O)O)CC(=O)O)cc1. The lowest BCUT2D eigenvalue weighted by Gasteiger charge is -2.16. The summed E-state index contributed by atoms with van der Waals surface area (Å²) in [5.74, 6) is -3.24. The van der Waals surface area contributed by atoms with Gasteiger partial charge in [0.25, 0.3) is 0 Å². The van der Waals surface area contributed by atoms with Crippen LogP contribution in [0.3, 0.4) is 0 Å². The summed E-state index contributed by atoms with van der Waals surface area (Å²) in [6.45, 7) is -1.34. The van der Waals surface area contributed by atoms with E-state index >= 15 is 0 Å². The van der Waals surface area contributed by atoms with Gasteiger partial charge in [0.15, 0.2) is 0 Å². The molecule has 0 spiro atoms. The number of nitrogens with zero attached hydrogens (tertiary/aromatic N) is 1. The first-order valence-corrected chi connectivity index (χ1v) is 5.64. The highest BCUT2D eigenvalue weighted by Gasteiger charge is 2.17. The maximum absolute atomic E-state index is 11.7. The lowest BCUT2D eigenvalue weighted by Crippen LogP contribution is -2.38. The molecule has 0 saturated carbocycles. The van der Waals surface area contributed by atoms with Gasteiger partial charge in [0.05, 0.1) is 0 Å². The third-order valence-electron chi connectivity index (χ3n) is 2.32. The molecule has 0 fully saturated rings. The van der Waals surface area contributed by atoms with Crippen molar-refractivity contribution in [2.24, 2.45) is 0 Å². The van der Waals surface area contributed by atoms with Crippen molar-refractivity contribution in [3.63, 3.8) is 0 Å². The van der Waals surface area contributed by atoms with Crippen LogP contribution in [-0.4, -0.2) is 46.0 Å². The minimum atomic E-state index is -1.28. The Labute approximate surface area is 114 Å². The second-order valence-corrected chi connectivity index (χ2v) is 3.98. The summed E-state index contributed by atoms with van der Waals surface area (Å²) < 4.78 is 0. The molecule has 7 nitrogen and oxygen atoms in total. The van der Waals surface area contributed by atoms with E-state index in [4.69, 9.17) is 15.9 Å². The van der Waals surface area contributed by atoms with E-state index < -0.39 is 30.9 Å². The maximum atomic E-state index is 11.7. The van der Waals surface area contributed by atoms with Crippen LogP contribution >= 0.6 is 0 Å². The number of carboxylic acid groups (broad SMARTS) is 2. The fraction of sp³-hybridized carbons (Fsp3) is 0.154. The number of carbonyl (C=O) groups is 3. The van der Waals surface area contributed by atoms with Gasteiger partial charge in [-0.1, -0.05) is 12.1 Å². The number of benzene rings is 1. The van der Waals surface area contributed by atoms with E-state index in [1.165, 1.54) is 6.08 Å². The molecule has 0 unspecified atom stereocenters. The molecule has 0 aliphatic heterocycles. The van der Waals surface area contributed by atoms with Gasteiger partial charge in [-0.25, -0.2) is 0 Å². The summed E-state index contributed by atoms with van der Waals surface area (Å²) >= 11 is 0. The van der Waals surface area contributed by atoms with E-state index in [0.29, 0.717) is 11.3 Å². The Balaban J connectivity index is 2.76. The molecule has 0 saturated heterocycles. The molecule has 7 heteroatoms. The number of hydrogen-bond acceptors (Lipinski definition) is 4. The molecule has 4 N–H and O–H groups in total. The molecule has 0 bridgehead atoms. The average Bonchev–Trinajstić information content (AvgIpc) is 2.36. The molecule has 1 amide bonds. The standard InChI is InChI=1S/C13H14N2O5/c14-10-4-1-9(2-5-10)3-6-11(16)15(7-12(17)18)8-13(19)20/h1-6H,7-8,14H2,(H,17,18)(H,19,20)/b6-3+. The smallest absolute Gasteiger partial charge is 0.323 e. The van der Waals surface area contributed by atoms with Crippen LogP contribution in [0.5, 0.6) is 0 Å². The fourth-order valence-corrected chi connectivity index (χ4v) is 1.42. The molecule has 1 aromatic rings. The zero-order valence-electron chi connectivity index (χ0n) is 10.5. The zero-order valence-corrected chi connectivity index (χ0v) is 10.5. The van der Waals surface area contributed by atoms with Crippen molar-refractivity contribution in [3.05, 3.63) is 35.9 Å². The first kappa shape index (κ1) is 15.2. The van der Waals surface area contributed by atoms with Gasteiger partial charge in [-0.2, -0.15) is 0 Å². The van der Waals surface area contributed by atoms with Crippen LogP contribution in [0.2, 0.25) is 0 Å². The summed E-state index contributed by atoms with van der Waals surface area (Å²) in [7, 11) is 0. The largest absolute Gasteiger partial charge is 0.480 e. The summed E-state index contributed by atoms with van der Waals surface area (Å²) in [5.41, 5.74) is 6.78. The van der Waals surface area contributed by atoms with Crippen molar-refractivity contribution in [1.29, 1.82) is 0 Å². The molecule has 106 valence electrons. The van der Waals surface area contributed by atoms with Crippen molar-refractivity contribution in [2.75, 3.05) is 18.8 Å². The molecule has 0 aliphatic carbocycles. The van der Waals surface area contributed by atoms with Gasteiger partial charge >= 0.3 is 11.9 Å². The van der Waals surface area contributed by atoms with Gasteiger partial charge in [0.1, 0.15) is 13.1 Å². The zero-order chi connectivity index (χ0) is 15.1. The molecule has 0 atom stereocenters. The van der Waals surface area contributed by atoms with Gasteiger partial charge in [-0.05, 0) is 23.8 Å². The van der Waals surface area contributed by atoms with Crippen LogP contribution in [0.15, 0.2) is 30.3 Å². The first-order valence-electron chi connectivity index (χ1n) is 5.64. The number of hydrogen-bond donors (Lipinski definition) is 3. The number of rotatable bonds is 6. The van der Waals surface area contributed by atoms with E-state index in [9.17, 15) is 14.4 Å². The molecular weight excluding hydrogens is 264 g/mol. The minimum Gasteiger partial charge on any atom is -0.480 e. The predicted octanol–water partition coefficient (Wildman–Crippen LogP) is 0.280. The lowest BCUT2D eigenvalue weighted by atomic mass is 10.2. The van der Waals surface area contributed by atoms with Gasteiger partial charge in [0.2, 0.25) is 5.91 Å². The molecule has 20 heavy (non-hydrogen) atoms. The molecule has 0 aliphatic rings. The van der Waals surface area contributed by atoms with Crippen LogP contribution in [0.25, 0.3) is 6.08 Å². The monoisotopic (exact) mass is 278 g/mol. The Morgan fingerprint density at radius 2 is 1.55 bits per heavy atom. The van der Waals surface area contributed by atoms with Crippen molar-refractivity contribution >= 4 is 29.6 Å². The number of amides is 1. The molecule has 0 radical (unpaired) electrons. The second kappa shape index (κ2) is 6.93. The highest BCUT2D eigenvalue weighted by Crippen LogP contribution is 2.07. The number of nitrogen functional groups attached to an aromatic ring is 1. The summed E-state index contributed by atoms with van der Waals surface area (Å²) in [4.78, 5) is 33.6. The number of nitrogens with two attached hydrogens (primary N) is 1. The van der Waals surface area contributed by atoms with Crippen molar-refractivity contribution < 1.29 is 24.6 Å². The van der Waals surface area contributed by atoms with Gasteiger partial charge in [-0.3, -0.25) is 14.4 Å². The molecule has 1 aromatic carbocycles. The number of anilines is 1. The number of carbonyl (C=O) groups excluding carboxylic acids is 1. The van der Waals surface area contributed by atoms with Crippen LogP contribution in [0.4, 0.5) is 5.69 Å².